The van der Waals surface area contributed by atoms with E-state index in [0.29, 0.717) is 12.8 Å². The molecule has 2 amide bonds. The highest BCUT2D eigenvalue weighted by Crippen LogP contribution is 2.32. The lowest BCUT2D eigenvalue weighted by Gasteiger charge is -2.05. The number of nitrogens with zero attached hydrogens (tertiary/aromatic N) is 4. The van der Waals surface area contributed by atoms with Crippen molar-refractivity contribution >= 4 is 41.1 Å². The van der Waals surface area contributed by atoms with E-state index in [9.17, 15) is 18.4 Å². The molecule has 0 fully saturated rings. The fourth-order valence-electron chi connectivity index (χ4n) is 2.17. The predicted molar refractivity (Wildman–Crippen MR) is 80.8 cm³/mol. The third kappa shape index (κ3) is 2.52. The summed E-state index contributed by atoms with van der Waals surface area (Å²) in [5.41, 5.74) is 1.43. The molecule has 0 aliphatic carbocycles. The highest BCUT2D eigenvalue weighted by Gasteiger charge is 2.20. The van der Waals surface area contributed by atoms with E-state index >= 15 is 0 Å². The van der Waals surface area contributed by atoms with Crippen molar-refractivity contribution in [2.45, 2.75) is 0 Å². The maximum absolute atomic E-state index is 14.8. The number of carbonyl (C=O) groups excluding carboxylic acids is 2. The monoisotopic (exact) mass is 352 g/mol. The van der Waals surface area contributed by atoms with Crippen LogP contribution in [0.25, 0.3) is 22.2 Å². The van der Waals surface area contributed by atoms with Crippen LogP contribution in [-0.2, 0) is 9.59 Å². The number of halogens is 3. The highest BCUT2D eigenvalue weighted by atomic mass is 35.5. The molecule has 0 aliphatic heterocycles. The van der Waals surface area contributed by atoms with Crippen molar-refractivity contribution in [1.29, 1.82) is 0 Å². The molecule has 3 aromatic rings. The van der Waals surface area contributed by atoms with E-state index < -0.39 is 11.6 Å². The second-order valence-electron chi connectivity index (χ2n) is 4.43. The molecule has 0 spiro atoms. The van der Waals surface area contributed by atoms with Crippen LogP contribution in [0.1, 0.15) is 0 Å². The molecule has 1 aromatic carbocycles. The van der Waals surface area contributed by atoms with Gasteiger partial charge in [0.05, 0.1) is 6.20 Å². The van der Waals surface area contributed by atoms with Crippen LogP contribution >= 0.6 is 11.6 Å². The topological polar surface area (TPSA) is 102 Å². The van der Waals surface area contributed by atoms with E-state index in [1.165, 1.54) is 12.1 Å². The van der Waals surface area contributed by atoms with E-state index in [2.05, 4.69) is 25.8 Å². The number of carbonyl (C=O) groups is 2. The molecule has 0 saturated heterocycles. The minimum absolute atomic E-state index is 0.0405. The number of aromatic nitrogens is 4. The fraction of sp³-hybridized carbons (Fsp3) is 0. The first-order valence-electron chi connectivity index (χ1n) is 6.36. The average molecular weight is 353 g/mol. The van der Waals surface area contributed by atoms with Crippen molar-refractivity contribution in [3.8, 4) is 11.3 Å². The molecule has 122 valence electrons. The summed E-state index contributed by atoms with van der Waals surface area (Å²) in [6.45, 7) is 0. The van der Waals surface area contributed by atoms with Gasteiger partial charge < -0.3 is 5.32 Å². The standard InChI is InChI=1S/C13H7ClF2N6O2/c14-13-17-3-8(15)10(20-13)6-1-2-7-11(9(6)16)21-22(19-5-24)12(7)18-4-23/h1-5H,(H,18,23)(H,19,24). The summed E-state index contributed by atoms with van der Waals surface area (Å²) in [6.07, 6.45) is 1.46. The predicted octanol–water partition coefficient (Wildman–Crippen LogP) is 1.69. The summed E-state index contributed by atoms with van der Waals surface area (Å²) in [5.74, 6) is -1.73. The molecule has 2 N–H and O–H groups in total. The number of rotatable bonds is 5. The maximum Gasteiger partial charge on any atom is 0.227 e. The van der Waals surface area contributed by atoms with Gasteiger partial charge in [0.15, 0.2) is 17.5 Å². The van der Waals surface area contributed by atoms with Crippen LogP contribution in [0.2, 0.25) is 5.28 Å². The number of nitrogens with one attached hydrogen (secondary N) is 2. The first-order valence-corrected chi connectivity index (χ1v) is 6.74. The third-order valence-corrected chi connectivity index (χ3v) is 3.31. The summed E-state index contributed by atoms with van der Waals surface area (Å²) in [5, 5.41) is 6.08. The Balaban J connectivity index is 2.26. The lowest BCUT2D eigenvalue weighted by Crippen LogP contribution is -2.17. The molecule has 2 aromatic heterocycles. The van der Waals surface area contributed by atoms with Crippen molar-refractivity contribution in [3.63, 3.8) is 0 Å². The van der Waals surface area contributed by atoms with E-state index in [1.54, 1.807) is 0 Å². The molecule has 11 heteroatoms. The lowest BCUT2D eigenvalue weighted by molar-refractivity contribution is -0.107. The van der Waals surface area contributed by atoms with Crippen LogP contribution in [0, 0.1) is 11.6 Å². The molecule has 2 heterocycles. The van der Waals surface area contributed by atoms with Crippen molar-refractivity contribution in [2.24, 2.45) is 0 Å². The van der Waals surface area contributed by atoms with Crippen molar-refractivity contribution < 1.29 is 18.4 Å². The molecule has 3 rings (SSSR count). The molecule has 8 nitrogen and oxygen atoms in total. The molecule has 24 heavy (non-hydrogen) atoms. The van der Waals surface area contributed by atoms with Gasteiger partial charge in [0.2, 0.25) is 18.1 Å². The molecular formula is C13H7ClF2N6O2. The molecule has 0 unspecified atom stereocenters. The van der Waals surface area contributed by atoms with E-state index in [1.807, 2.05) is 0 Å². The van der Waals surface area contributed by atoms with E-state index in [4.69, 9.17) is 11.6 Å². The van der Waals surface area contributed by atoms with Crippen LogP contribution in [-0.4, -0.2) is 32.7 Å². The normalized spacial score (nSPS) is 10.6. The van der Waals surface area contributed by atoms with Gasteiger partial charge in [-0.1, -0.05) is 0 Å². The molecule has 0 bridgehead atoms. The Bertz CT molecular complexity index is 961. The quantitative estimate of drug-likeness (QED) is 0.537. The van der Waals surface area contributed by atoms with Gasteiger partial charge in [-0.3, -0.25) is 9.59 Å². The minimum atomic E-state index is -0.901. The summed E-state index contributed by atoms with van der Waals surface area (Å²) in [6, 6.07) is 2.65. The zero-order valence-electron chi connectivity index (χ0n) is 11.6. The second-order valence-corrected chi connectivity index (χ2v) is 4.77. The van der Waals surface area contributed by atoms with Crippen molar-refractivity contribution in [2.75, 3.05) is 10.7 Å². The highest BCUT2D eigenvalue weighted by molar-refractivity contribution is 6.28. The van der Waals surface area contributed by atoms with Crippen LogP contribution < -0.4 is 10.7 Å². The Labute approximate surface area is 137 Å². The minimum Gasteiger partial charge on any atom is -0.311 e. The molecule has 0 atom stereocenters. The van der Waals surface area contributed by atoms with Crippen molar-refractivity contribution in [3.05, 3.63) is 35.2 Å². The Morgan fingerprint density at radius 2 is 2.00 bits per heavy atom. The number of hydrogen-bond acceptors (Lipinski definition) is 5. The average Bonchev–Trinajstić information content (AvgIpc) is 2.90. The molecular weight excluding hydrogens is 346 g/mol. The maximum atomic E-state index is 14.8. The van der Waals surface area contributed by atoms with Gasteiger partial charge in [0.25, 0.3) is 0 Å². The largest absolute Gasteiger partial charge is 0.311 e. The summed E-state index contributed by atoms with van der Waals surface area (Å²) in [4.78, 5) is 29.3. The van der Waals surface area contributed by atoms with E-state index in [-0.39, 0.29) is 33.3 Å². The zero-order chi connectivity index (χ0) is 17.3. The second kappa shape index (κ2) is 6.16. The Kier molecular flexibility index (Phi) is 4.04. The van der Waals surface area contributed by atoms with Gasteiger partial charge in [0.1, 0.15) is 11.2 Å². The van der Waals surface area contributed by atoms with Crippen LogP contribution in [0.4, 0.5) is 14.6 Å². The lowest BCUT2D eigenvalue weighted by atomic mass is 10.1. The summed E-state index contributed by atoms with van der Waals surface area (Å²) in [7, 11) is 0. The fourth-order valence-corrected chi connectivity index (χ4v) is 2.31. The first kappa shape index (κ1) is 15.7. The van der Waals surface area contributed by atoms with Gasteiger partial charge in [-0.25, -0.2) is 24.2 Å². The zero-order valence-corrected chi connectivity index (χ0v) is 12.4. The number of anilines is 1. The van der Waals surface area contributed by atoms with E-state index in [0.717, 1.165) is 11.0 Å². The number of fused-ring (bicyclic) bond motifs is 1. The Morgan fingerprint density at radius 1 is 1.21 bits per heavy atom. The molecule has 0 saturated carbocycles. The Hall–Kier alpha value is -3.14. The van der Waals surface area contributed by atoms with Gasteiger partial charge >= 0.3 is 0 Å². The molecule has 0 aliphatic rings. The number of benzene rings is 1. The van der Waals surface area contributed by atoms with Crippen molar-refractivity contribution in [1.82, 2.24) is 19.9 Å². The number of amides is 2. The summed E-state index contributed by atoms with van der Waals surface area (Å²) >= 11 is 5.62. The number of hydrogen-bond donors (Lipinski definition) is 2. The van der Waals surface area contributed by atoms with Gasteiger partial charge in [-0.2, -0.15) is 4.79 Å². The van der Waals surface area contributed by atoms with Gasteiger partial charge in [-0.05, 0) is 23.7 Å². The van der Waals surface area contributed by atoms with Crippen LogP contribution in [0.15, 0.2) is 18.3 Å². The molecule has 0 radical (unpaired) electrons. The van der Waals surface area contributed by atoms with Gasteiger partial charge in [0, 0.05) is 10.9 Å². The van der Waals surface area contributed by atoms with Crippen LogP contribution in [0.3, 0.4) is 0 Å². The van der Waals surface area contributed by atoms with Crippen LogP contribution in [0.5, 0.6) is 0 Å². The SMILES string of the molecule is O=CNc1c2ccc(-c3nc(Cl)ncc3F)c(F)c2nn1NC=O. The van der Waals surface area contributed by atoms with Gasteiger partial charge in [-0.15, -0.1) is 5.10 Å². The third-order valence-electron chi connectivity index (χ3n) is 3.12. The summed E-state index contributed by atoms with van der Waals surface area (Å²) < 4.78 is 28.6. The smallest absolute Gasteiger partial charge is 0.227 e. The first-order chi connectivity index (χ1) is 11.6. The Morgan fingerprint density at radius 3 is 2.71 bits per heavy atom.